The fourth-order valence-electron chi connectivity index (χ4n) is 3.62. The molecule has 1 atom stereocenters. The van der Waals surface area contributed by atoms with Gasteiger partial charge in [0.05, 0.1) is 31.5 Å². The van der Waals surface area contributed by atoms with Crippen LogP contribution in [0.4, 0.5) is 10.1 Å². The summed E-state index contributed by atoms with van der Waals surface area (Å²) in [5.41, 5.74) is 1.32. The molecule has 2 aliphatic rings. The molecule has 0 aromatic carbocycles. The number of anilines is 1. The quantitative estimate of drug-likeness (QED) is 0.537. The molecule has 7 heteroatoms. The summed E-state index contributed by atoms with van der Waals surface area (Å²) in [5.74, 6) is 1.31. The van der Waals surface area contributed by atoms with E-state index in [1.165, 1.54) is 25.7 Å². The number of alkyl halides is 1. The molecule has 1 aliphatic heterocycles. The molecule has 6 nitrogen and oxygen atoms in total. The smallest absolute Gasteiger partial charge is 0.270 e. The first-order valence-corrected chi connectivity index (χ1v) is 10.9. The van der Waals surface area contributed by atoms with Crippen LogP contribution in [0.25, 0.3) is 0 Å². The van der Waals surface area contributed by atoms with Crippen molar-refractivity contribution in [2.24, 2.45) is 11.8 Å². The Balaban J connectivity index is 1.69. The van der Waals surface area contributed by atoms with E-state index in [9.17, 15) is 9.18 Å². The van der Waals surface area contributed by atoms with Crippen LogP contribution in [-0.4, -0.2) is 56.5 Å². The Hall–Kier alpha value is -1.89. The predicted molar refractivity (Wildman–Crippen MR) is 111 cm³/mol. The summed E-state index contributed by atoms with van der Waals surface area (Å²) < 4.78 is 23.7. The van der Waals surface area contributed by atoms with E-state index in [0.29, 0.717) is 36.6 Å². The monoisotopic (exact) mass is 407 g/mol. The van der Waals surface area contributed by atoms with Crippen LogP contribution >= 0.6 is 0 Å². The van der Waals surface area contributed by atoms with Gasteiger partial charge in [-0.25, -0.2) is 9.37 Å². The van der Waals surface area contributed by atoms with Crippen molar-refractivity contribution in [3.63, 3.8) is 0 Å². The maximum atomic E-state index is 12.8. The van der Waals surface area contributed by atoms with E-state index in [4.69, 9.17) is 9.47 Å². The molecule has 29 heavy (non-hydrogen) atoms. The van der Waals surface area contributed by atoms with Gasteiger partial charge in [0.15, 0.2) is 0 Å². The van der Waals surface area contributed by atoms with Gasteiger partial charge in [-0.2, -0.15) is 0 Å². The average molecular weight is 408 g/mol. The highest BCUT2D eigenvalue weighted by Crippen LogP contribution is 2.33. The highest BCUT2D eigenvalue weighted by Gasteiger charge is 2.25. The van der Waals surface area contributed by atoms with Crippen LogP contribution in [-0.2, 0) is 4.74 Å². The highest BCUT2D eigenvalue weighted by atomic mass is 19.1. The molecule has 1 N–H and O–H groups in total. The van der Waals surface area contributed by atoms with Gasteiger partial charge in [-0.15, -0.1) is 0 Å². The highest BCUT2D eigenvalue weighted by molar-refractivity contribution is 5.93. The molecule has 0 bridgehead atoms. The van der Waals surface area contributed by atoms with E-state index < -0.39 is 6.67 Å². The Bertz CT molecular complexity index is 661. The number of hydrogen-bond acceptors (Lipinski definition) is 5. The van der Waals surface area contributed by atoms with Crippen LogP contribution < -0.4 is 15.0 Å². The first-order chi connectivity index (χ1) is 14.1. The van der Waals surface area contributed by atoms with E-state index in [0.717, 1.165) is 25.2 Å². The van der Waals surface area contributed by atoms with Crippen LogP contribution in [0.2, 0.25) is 0 Å². The van der Waals surface area contributed by atoms with Gasteiger partial charge in [-0.3, -0.25) is 4.79 Å². The van der Waals surface area contributed by atoms with Crippen molar-refractivity contribution >= 4 is 11.6 Å². The zero-order chi connectivity index (χ0) is 20.6. The third kappa shape index (κ3) is 6.84. The minimum absolute atomic E-state index is 0.0480. The van der Waals surface area contributed by atoms with Gasteiger partial charge in [0, 0.05) is 13.1 Å². The van der Waals surface area contributed by atoms with Gasteiger partial charge in [0.2, 0.25) is 5.88 Å². The summed E-state index contributed by atoms with van der Waals surface area (Å²) >= 11 is 0. The second-order valence-corrected chi connectivity index (χ2v) is 8.53. The van der Waals surface area contributed by atoms with E-state index in [1.807, 2.05) is 6.07 Å². The molecule has 2 fully saturated rings. The fraction of sp³-hybridized carbons (Fsp3) is 0.727. The van der Waals surface area contributed by atoms with Crippen molar-refractivity contribution in [1.82, 2.24) is 10.3 Å². The van der Waals surface area contributed by atoms with Crippen molar-refractivity contribution < 1.29 is 18.7 Å². The predicted octanol–water partition coefficient (Wildman–Crippen LogP) is 3.60. The van der Waals surface area contributed by atoms with Gasteiger partial charge in [0.1, 0.15) is 12.4 Å². The molecule has 1 saturated heterocycles. The number of rotatable bonds is 12. The lowest BCUT2D eigenvalue weighted by Crippen LogP contribution is -2.39. The topological polar surface area (TPSA) is 63.7 Å². The number of hydrogen-bond donors (Lipinski definition) is 1. The summed E-state index contributed by atoms with van der Waals surface area (Å²) in [6, 6.07) is 3.54. The molecular formula is C22H34FN3O3. The Morgan fingerprint density at radius 2 is 2.07 bits per heavy atom. The van der Waals surface area contributed by atoms with Crippen LogP contribution in [0.1, 0.15) is 56.4 Å². The van der Waals surface area contributed by atoms with Crippen molar-refractivity contribution in [2.45, 2.75) is 52.0 Å². The molecule has 1 amide bonds. The van der Waals surface area contributed by atoms with Crippen LogP contribution in [0.15, 0.2) is 12.1 Å². The second kappa shape index (κ2) is 10.8. The lowest BCUT2D eigenvalue weighted by Gasteiger charge is -2.22. The van der Waals surface area contributed by atoms with E-state index >= 15 is 0 Å². The number of nitrogens with one attached hydrogen (secondary N) is 1. The van der Waals surface area contributed by atoms with Crippen molar-refractivity contribution in [3.8, 4) is 5.88 Å². The van der Waals surface area contributed by atoms with Gasteiger partial charge in [-0.1, -0.05) is 13.8 Å². The summed E-state index contributed by atoms with van der Waals surface area (Å²) in [4.78, 5) is 19.7. The maximum absolute atomic E-state index is 12.8. The summed E-state index contributed by atoms with van der Waals surface area (Å²) in [6.45, 7) is 6.64. The summed E-state index contributed by atoms with van der Waals surface area (Å²) in [7, 11) is 0. The number of aromatic nitrogens is 1. The first kappa shape index (κ1) is 21.8. The molecule has 1 saturated carbocycles. The molecular weight excluding hydrogens is 373 g/mol. The number of carbonyl (C=O) groups excluding carboxylic acids is 1. The number of carbonyl (C=O) groups is 1. The van der Waals surface area contributed by atoms with Crippen molar-refractivity contribution in [2.75, 3.05) is 44.5 Å². The van der Waals surface area contributed by atoms with E-state index in [2.05, 4.69) is 29.0 Å². The number of pyridine rings is 1. The summed E-state index contributed by atoms with van der Waals surface area (Å²) in [5, 5.41) is 3.00. The average Bonchev–Trinajstić information content (AvgIpc) is 3.37. The van der Waals surface area contributed by atoms with Gasteiger partial charge >= 0.3 is 0 Å². The Morgan fingerprint density at radius 3 is 2.72 bits per heavy atom. The second-order valence-electron chi connectivity index (χ2n) is 8.53. The normalized spacial score (nSPS) is 17.6. The Morgan fingerprint density at radius 1 is 1.31 bits per heavy atom. The molecule has 2 heterocycles. The Labute approximate surface area is 173 Å². The number of amides is 1. The van der Waals surface area contributed by atoms with Crippen LogP contribution in [0.5, 0.6) is 5.88 Å². The zero-order valence-electron chi connectivity index (χ0n) is 17.7. The van der Waals surface area contributed by atoms with Gasteiger partial charge in [0.25, 0.3) is 5.91 Å². The molecule has 0 spiro atoms. The maximum Gasteiger partial charge on any atom is 0.270 e. The lowest BCUT2D eigenvalue weighted by atomic mass is 10.0. The minimum atomic E-state index is -0.524. The van der Waals surface area contributed by atoms with Crippen molar-refractivity contribution in [1.29, 1.82) is 0 Å². The van der Waals surface area contributed by atoms with Gasteiger partial charge in [-0.05, 0) is 56.1 Å². The SMILES string of the molecule is CC(C)C[C@@H](COCCF)NC(=O)c1ccc(N2CCCC2)c(OCC2CC2)n1. The van der Waals surface area contributed by atoms with E-state index in [1.54, 1.807) is 6.07 Å². The molecule has 1 aromatic rings. The Kier molecular flexibility index (Phi) is 8.09. The largest absolute Gasteiger partial charge is 0.476 e. The number of halogens is 1. The lowest BCUT2D eigenvalue weighted by molar-refractivity contribution is 0.0770. The number of nitrogens with zero attached hydrogens (tertiary/aromatic N) is 2. The first-order valence-electron chi connectivity index (χ1n) is 10.9. The third-order valence-electron chi connectivity index (χ3n) is 5.30. The summed E-state index contributed by atoms with van der Waals surface area (Å²) in [6.07, 6.45) is 5.50. The molecule has 0 unspecified atom stereocenters. The van der Waals surface area contributed by atoms with Gasteiger partial charge < -0.3 is 19.7 Å². The molecule has 1 aromatic heterocycles. The van der Waals surface area contributed by atoms with Crippen LogP contribution in [0, 0.1) is 11.8 Å². The van der Waals surface area contributed by atoms with Crippen molar-refractivity contribution in [3.05, 3.63) is 17.8 Å². The zero-order valence-corrected chi connectivity index (χ0v) is 17.7. The molecule has 1 aliphatic carbocycles. The fourth-order valence-corrected chi connectivity index (χ4v) is 3.62. The molecule has 3 rings (SSSR count). The minimum Gasteiger partial charge on any atom is -0.476 e. The number of ether oxygens (including phenoxy) is 2. The third-order valence-corrected chi connectivity index (χ3v) is 5.30. The standard InChI is InChI=1S/C22H34FN3O3/c1-16(2)13-18(15-28-12-9-23)24-21(27)19-7-8-20(26-10-3-4-11-26)22(25-19)29-14-17-5-6-17/h7-8,16-18H,3-6,9-15H2,1-2H3,(H,24,27)/t18-/m0/s1. The van der Waals surface area contributed by atoms with Crippen LogP contribution in [0.3, 0.4) is 0 Å². The molecule has 0 radical (unpaired) electrons. The van der Waals surface area contributed by atoms with E-state index in [-0.39, 0.29) is 18.6 Å². The molecule has 162 valence electrons.